The van der Waals surface area contributed by atoms with Crippen molar-refractivity contribution in [2.75, 3.05) is 0 Å². The van der Waals surface area contributed by atoms with E-state index in [4.69, 9.17) is 5.11 Å². The van der Waals surface area contributed by atoms with Crippen molar-refractivity contribution in [2.45, 2.75) is 44.6 Å². The minimum atomic E-state index is -0.690. The van der Waals surface area contributed by atoms with Crippen molar-refractivity contribution in [2.24, 2.45) is 5.92 Å². The molecule has 88 valence electrons. The predicted molar refractivity (Wildman–Crippen MR) is 62.3 cm³/mol. The molecule has 0 aliphatic heterocycles. The summed E-state index contributed by atoms with van der Waals surface area (Å²) in [6, 6.07) is 4.09. The quantitative estimate of drug-likeness (QED) is 0.849. The van der Waals surface area contributed by atoms with Gasteiger partial charge in [0.1, 0.15) is 0 Å². The van der Waals surface area contributed by atoms with Crippen molar-refractivity contribution in [1.29, 1.82) is 0 Å². The van der Waals surface area contributed by atoms with Crippen molar-refractivity contribution in [3.8, 4) is 0 Å². The van der Waals surface area contributed by atoms with E-state index in [0.29, 0.717) is 5.92 Å². The van der Waals surface area contributed by atoms with Crippen LogP contribution in [-0.4, -0.2) is 15.6 Å². The molecule has 0 unspecified atom stereocenters. The summed E-state index contributed by atoms with van der Waals surface area (Å²) in [5.41, 5.74) is 0. The Kier molecular flexibility index (Phi) is 3.65. The normalized spacial score (nSPS) is 19.5. The summed E-state index contributed by atoms with van der Waals surface area (Å²) in [5.74, 6) is -0.151. The maximum Gasteiger partial charge on any atom is 0.305 e. The Labute approximate surface area is 96.1 Å². The Balaban J connectivity index is 2.10. The third-order valence-electron chi connectivity index (χ3n) is 3.59. The lowest BCUT2D eigenvalue weighted by Crippen LogP contribution is -2.23. The van der Waals surface area contributed by atoms with Crippen molar-refractivity contribution in [3.63, 3.8) is 0 Å². The van der Waals surface area contributed by atoms with Gasteiger partial charge >= 0.3 is 5.97 Å². The first-order valence-electron chi connectivity index (χ1n) is 6.11. The molecule has 1 aliphatic carbocycles. The van der Waals surface area contributed by atoms with E-state index in [1.54, 1.807) is 0 Å². The molecule has 1 aliphatic rings. The summed E-state index contributed by atoms with van der Waals surface area (Å²) in [5, 5.41) is 9.00. The third-order valence-corrected chi connectivity index (χ3v) is 3.59. The molecule has 1 atom stereocenters. The van der Waals surface area contributed by atoms with Crippen molar-refractivity contribution >= 4 is 5.97 Å². The van der Waals surface area contributed by atoms with Gasteiger partial charge < -0.3 is 9.67 Å². The van der Waals surface area contributed by atoms with Crippen LogP contribution in [0.15, 0.2) is 24.5 Å². The number of hydrogen-bond donors (Lipinski definition) is 1. The Hall–Kier alpha value is -1.25. The molecular weight excluding hydrogens is 202 g/mol. The first kappa shape index (κ1) is 11.2. The number of nitrogens with zero attached hydrogens (tertiary/aromatic N) is 1. The van der Waals surface area contributed by atoms with Crippen LogP contribution in [0.25, 0.3) is 0 Å². The van der Waals surface area contributed by atoms with Gasteiger partial charge in [-0.3, -0.25) is 4.79 Å². The highest BCUT2D eigenvalue weighted by Gasteiger charge is 2.26. The minimum Gasteiger partial charge on any atom is -0.481 e. The highest BCUT2D eigenvalue weighted by molar-refractivity contribution is 5.67. The Morgan fingerprint density at radius 3 is 2.44 bits per heavy atom. The van der Waals surface area contributed by atoms with E-state index in [0.717, 1.165) is 0 Å². The second-order valence-electron chi connectivity index (χ2n) is 4.69. The van der Waals surface area contributed by atoms with Crippen LogP contribution in [0.5, 0.6) is 0 Å². The molecule has 0 aromatic carbocycles. The summed E-state index contributed by atoms with van der Waals surface area (Å²) in [6.07, 6.45) is 10.4. The van der Waals surface area contributed by atoms with Gasteiger partial charge in [-0.1, -0.05) is 19.3 Å². The van der Waals surface area contributed by atoms with Gasteiger partial charge in [0.15, 0.2) is 0 Å². The Morgan fingerprint density at radius 1 is 1.25 bits per heavy atom. The Bertz CT molecular complexity index is 326. The number of carboxylic acid groups (broad SMARTS) is 1. The molecule has 1 N–H and O–H groups in total. The van der Waals surface area contributed by atoms with E-state index >= 15 is 0 Å². The highest BCUT2D eigenvalue weighted by Crippen LogP contribution is 2.34. The van der Waals surface area contributed by atoms with Crippen LogP contribution in [0.2, 0.25) is 0 Å². The van der Waals surface area contributed by atoms with Gasteiger partial charge in [-0.25, -0.2) is 0 Å². The van der Waals surface area contributed by atoms with Gasteiger partial charge in [0.05, 0.1) is 6.42 Å². The first-order valence-corrected chi connectivity index (χ1v) is 6.11. The van der Waals surface area contributed by atoms with E-state index in [1.807, 2.05) is 24.5 Å². The average molecular weight is 221 g/mol. The fourth-order valence-electron chi connectivity index (χ4n) is 2.78. The lowest BCUT2D eigenvalue weighted by Gasteiger charge is -2.30. The van der Waals surface area contributed by atoms with Crippen LogP contribution in [0.1, 0.15) is 44.6 Å². The number of rotatable bonds is 4. The zero-order chi connectivity index (χ0) is 11.4. The molecule has 1 heterocycles. The maximum absolute atomic E-state index is 10.9. The van der Waals surface area contributed by atoms with Crippen molar-refractivity contribution in [1.82, 2.24) is 4.57 Å². The molecule has 1 saturated carbocycles. The topological polar surface area (TPSA) is 42.2 Å². The molecule has 1 aromatic heterocycles. The lowest BCUT2D eigenvalue weighted by molar-refractivity contribution is -0.138. The third kappa shape index (κ3) is 2.65. The number of hydrogen-bond acceptors (Lipinski definition) is 1. The molecule has 3 nitrogen and oxygen atoms in total. The zero-order valence-corrected chi connectivity index (χ0v) is 9.51. The summed E-state index contributed by atoms with van der Waals surface area (Å²) >= 11 is 0. The van der Waals surface area contributed by atoms with Crippen LogP contribution in [0, 0.1) is 5.92 Å². The van der Waals surface area contributed by atoms with E-state index in [9.17, 15) is 4.79 Å². The minimum absolute atomic E-state index is 0.146. The molecule has 0 amide bonds. The molecule has 0 spiro atoms. The second-order valence-corrected chi connectivity index (χ2v) is 4.69. The fraction of sp³-hybridized carbons (Fsp3) is 0.615. The van der Waals surface area contributed by atoms with Crippen LogP contribution in [0.4, 0.5) is 0 Å². The molecular formula is C13H19NO2. The summed E-state index contributed by atoms with van der Waals surface area (Å²) < 4.78 is 2.07. The molecule has 3 heteroatoms. The van der Waals surface area contributed by atoms with E-state index in [1.165, 1.54) is 32.1 Å². The van der Waals surface area contributed by atoms with Crippen molar-refractivity contribution < 1.29 is 9.90 Å². The summed E-state index contributed by atoms with van der Waals surface area (Å²) in [6.45, 7) is 0. The SMILES string of the molecule is O=C(O)C[C@H](C1CCCCC1)n1cccc1. The van der Waals surface area contributed by atoms with Gasteiger partial charge in [-0.05, 0) is 30.9 Å². The predicted octanol–water partition coefficient (Wildman–Crippen LogP) is 3.08. The van der Waals surface area contributed by atoms with Gasteiger partial charge in [0.2, 0.25) is 0 Å². The summed E-state index contributed by atoms with van der Waals surface area (Å²) in [4.78, 5) is 10.9. The molecule has 0 radical (unpaired) electrons. The summed E-state index contributed by atoms with van der Waals surface area (Å²) in [7, 11) is 0. The van der Waals surface area contributed by atoms with E-state index < -0.39 is 5.97 Å². The maximum atomic E-state index is 10.9. The smallest absolute Gasteiger partial charge is 0.305 e. The van der Waals surface area contributed by atoms with Crippen molar-refractivity contribution in [3.05, 3.63) is 24.5 Å². The van der Waals surface area contributed by atoms with Gasteiger partial charge in [0, 0.05) is 18.4 Å². The molecule has 1 fully saturated rings. The standard InChI is InChI=1S/C13H19NO2/c15-13(16)10-12(14-8-4-5-9-14)11-6-2-1-3-7-11/h4-5,8-9,11-12H,1-3,6-7,10H2,(H,15,16)/t12-/m1/s1. The number of carboxylic acids is 1. The van der Waals surface area contributed by atoms with Gasteiger partial charge in [0.25, 0.3) is 0 Å². The molecule has 16 heavy (non-hydrogen) atoms. The van der Waals surface area contributed by atoms with Crippen LogP contribution in [0.3, 0.4) is 0 Å². The van der Waals surface area contributed by atoms with Gasteiger partial charge in [-0.15, -0.1) is 0 Å². The monoisotopic (exact) mass is 221 g/mol. The number of aliphatic carboxylic acids is 1. The van der Waals surface area contributed by atoms with E-state index in [-0.39, 0.29) is 12.5 Å². The van der Waals surface area contributed by atoms with Gasteiger partial charge in [-0.2, -0.15) is 0 Å². The second kappa shape index (κ2) is 5.19. The number of aromatic nitrogens is 1. The average Bonchev–Trinajstić information content (AvgIpc) is 2.80. The molecule has 2 rings (SSSR count). The number of carbonyl (C=O) groups is 1. The Morgan fingerprint density at radius 2 is 1.88 bits per heavy atom. The first-order chi connectivity index (χ1) is 7.77. The van der Waals surface area contributed by atoms with E-state index in [2.05, 4.69) is 4.57 Å². The molecule has 0 bridgehead atoms. The molecule has 0 saturated heterocycles. The van der Waals surface area contributed by atoms with Crippen LogP contribution in [-0.2, 0) is 4.79 Å². The lowest BCUT2D eigenvalue weighted by atomic mass is 9.82. The highest BCUT2D eigenvalue weighted by atomic mass is 16.4. The molecule has 1 aromatic rings. The zero-order valence-electron chi connectivity index (χ0n) is 9.51. The van der Waals surface area contributed by atoms with Crippen LogP contribution < -0.4 is 0 Å². The van der Waals surface area contributed by atoms with Crippen LogP contribution >= 0.6 is 0 Å². The fourth-order valence-corrected chi connectivity index (χ4v) is 2.78. The largest absolute Gasteiger partial charge is 0.481 e.